The van der Waals surface area contributed by atoms with Gasteiger partial charge in [-0.1, -0.05) is 12.1 Å². The number of rotatable bonds is 7. The SMILES string of the molecule is CCS(=O)(=O)NCCNC(=NC)N1CCN(c2ccccc2OC)CC1. The van der Waals surface area contributed by atoms with Crippen LogP contribution in [-0.4, -0.2) is 78.5 Å². The van der Waals surface area contributed by atoms with Crippen LogP contribution >= 0.6 is 0 Å². The molecule has 8 nitrogen and oxygen atoms in total. The maximum Gasteiger partial charge on any atom is 0.211 e. The molecule has 0 spiro atoms. The number of anilines is 1. The monoisotopic (exact) mass is 383 g/mol. The maximum atomic E-state index is 11.4. The standard InChI is InChI=1S/C17H29N5O3S/c1-4-26(23,24)20-10-9-19-17(18-2)22-13-11-21(12-14-22)15-7-5-6-8-16(15)25-3/h5-8,20H,4,9-14H2,1-3H3,(H,18,19). The van der Waals surface area contributed by atoms with E-state index in [-0.39, 0.29) is 5.75 Å². The van der Waals surface area contributed by atoms with Gasteiger partial charge in [0.2, 0.25) is 10.0 Å². The number of aliphatic imine (C=N–C) groups is 1. The normalized spacial score (nSPS) is 15.9. The van der Waals surface area contributed by atoms with Crippen LogP contribution in [0.3, 0.4) is 0 Å². The lowest BCUT2D eigenvalue weighted by molar-refractivity contribution is 0.367. The van der Waals surface area contributed by atoms with Gasteiger partial charge in [0.05, 0.1) is 18.6 Å². The molecule has 2 N–H and O–H groups in total. The average molecular weight is 384 g/mol. The van der Waals surface area contributed by atoms with Gasteiger partial charge in [0.15, 0.2) is 5.96 Å². The van der Waals surface area contributed by atoms with Crippen molar-refractivity contribution < 1.29 is 13.2 Å². The first kappa shape index (κ1) is 20.3. The summed E-state index contributed by atoms with van der Waals surface area (Å²) in [4.78, 5) is 8.79. The Morgan fingerprint density at radius 1 is 1.19 bits per heavy atom. The second-order valence-corrected chi connectivity index (χ2v) is 8.01. The third kappa shape index (κ3) is 5.50. The number of sulfonamides is 1. The molecular formula is C17H29N5O3S. The van der Waals surface area contributed by atoms with E-state index in [4.69, 9.17) is 4.74 Å². The Balaban J connectivity index is 1.83. The zero-order valence-electron chi connectivity index (χ0n) is 15.7. The van der Waals surface area contributed by atoms with Gasteiger partial charge < -0.3 is 19.9 Å². The van der Waals surface area contributed by atoms with Crippen molar-refractivity contribution in [3.05, 3.63) is 24.3 Å². The zero-order valence-corrected chi connectivity index (χ0v) is 16.6. The largest absolute Gasteiger partial charge is 0.495 e. The Morgan fingerprint density at radius 2 is 1.88 bits per heavy atom. The number of benzene rings is 1. The van der Waals surface area contributed by atoms with Gasteiger partial charge >= 0.3 is 0 Å². The van der Waals surface area contributed by atoms with Crippen molar-refractivity contribution in [1.82, 2.24) is 14.9 Å². The molecule has 1 fully saturated rings. The quantitative estimate of drug-likeness (QED) is 0.401. The van der Waals surface area contributed by atoms with Crippen molar-refractivity contribution >= 4 is 21.7 Å². The van der Waals surface area contributed by atoms with E-state index in [2.05, 4.69) is 30.9 Å². The van der Waals surface area contributed by atoms with Crippen molar-refractivity contribution in [2.45, 2.75) is 6.92 Å². The van der Waals surface area contributed by atoms with Crippen LogP contribution in [0.2, 0.25) is 0 Å². The fraction of sp³-hybridized carbons (Fsp3) is 0.588. The number of nitrogens with zero attached hydrogens (tertiary/aromatic N) is 3. The molecule has 1 saturated heterocycles. The van der Waals surface area contributed by atoms with Crippen LogP contribution < -0.4 is 19.7 Å². The highest BCUT2D eigenvalue weighted by atomic mass is 32.2. The first-order chi connectivity index (χ1) is 12.5. The van der Waals surface area contributed by atoms with E-state index in [0.29, 0.717) is 13.1 Å². The van der Waals surface area contributed by atoms with Crippen molar-refractivity contribution in [2.75, 3.05) is 64.1 Å². The molecule has 0 aromatic heterocycles. The van der Waals surface area contributed by atoms with Crippen molar-refractivity contribution in [2.24, 2.45) is 4.99 Å². The lowest BCUT2D eigenvalue weighted by Crippen LogP contribution is -2.53. The minimum absolute atomic E-state index is 0.0899. The Kier molecular flexibility index (Phi) is 7.52. The molecule has 0 aliphatic carbocycles. The molecule has 2 rings (SSSR count). The van der Waals surface area contributed by atoms with Gasteiger partial charge in [0.25, 0.3) is 0 Å². The van der Waals surface area contributed by atoms with E-state index < -0.39 is 10.0 Å². The van der Waals surface area contributed by atoms with Gasteiger partial charge in [-0.3, -0.25) is 4.99 Å². The van der Waals surface area contributed by atoms with Crippen LogP contribution in [0.4, 0.5) is 5.69 Å². The maximum absolute atomic E-state index is 11.4. The van der Waals surface area contributed by atoms with Crippen molar-refractivity contribution in [3.8, 4) is 5.75 Å². The van der Waals surface area contributed by atoms with Crippen molar-refractivity contribution in [3.63, 3.8) is 0 Å². The van der Waals surface area contributed by atoms with E-state index in [0.717, 1.165) is 43.6 Å². The van der Waals surface area contributed by atoms with Crippen LogP contribution in [0.25, 0.3) is 0 Å². The molecule has 0 bridgehead atoms. The fourth-order valence-corrected chi connectivity index (χ4v) is 3.48. The minimum atomic E-state index is -3.16. The highest BCUT2D eigenvalue weighted by molar-refractivity contribution is 7.89. The summed E-state index contributed by atoms with van der Waals surface area (Å²) < 4.78 is 30.9. The summed E-state index contributed by atoms with van der Waals surface area (Å²) >= 11 is 0. The summed E-state index contributed by atoms with van der Waals surface area (Å²) in [6, 6.07) is 8.03. The highest BCUT2D eigenvalue weighted by Crippen LogP contribution is 2.28. The van der Waals surface area contributed by atoms with Gasteiger partial charge in [-0.05, 0) is 19.1 Å². The topological polar surface area (TPSA) is 86.3 Å². The van der Waals surface area contributed by atoms with E-state index in [1.54, 1.807) is 21.1 Å². The molecular weight excluding hydrogens is 354 g/mol. The van der Waals surface area contributed by atoms with Gasteiger partial charge in [0, 0.05) is 46.3 Å². The van der Waals surface area contributed by atoms with Crippen LogP contribution in [-0.2, 0) is 10.0 Å². The summed E-state index contributed by atoms with van der Waals surface area (Å²) in [7, 11) is 0.274. The number of nitrogens with one attached hydrogen (secondary N) is 2. The van der Waals surface area contributed by atoms with Gasteiger partial charge in [0.1, 0.15) is 5.75 Å². The van der Waals surface area contributed by atoms with E-state index >= 15 is 0 Å². The first-order valence-corrected chi connectivity index (χ1v) is 10.5. The molecule has 0 saturated carbocycles. The zero-order chi connectivity index (χ0) is 19.0. The third-order valence-electron chi connectivity index (χ3n) is 4.33. The van der Waals surface area contributed by atoms with Crippen molar-refractivity contribution in [1.29, 1.82) is 0 Å². The molecule has 1 aliphatic heterocycles. The third-order valence-corrected chi connectivity index (χ3v) is 5.73. The predicted molar refractivity (Wildman–Crippen MR) is 106 cm³/mol. The summed E-state index contributed by atoms with van der Waals surface area (Å²) in [6.45, 7) is 5.86. The highest BCUT2D eigenvalue weighted by Gasteiger charge is 2.21. The number of methoxy groups -OCH3 is 1. The van der Waals surface area contributed by atoms with Crippen LogP contribution in [0.15, 0.2) is 29.3 Å². The summed E-state index contributed by atoms with van der Waals surface area (Å²) in [5, 5.41) is 3.22. The smallest absolute Gasteiger partial charge is 0.211 e. The summed E-state index contributed by atoms with van der Waals surface area (Å²) in [5.41, 5.74) is 1.10. The summed E-state index contributed by atoms with van der Waals surface area (Å²) in [6.07, 6.45) is 0. The molecule has 26 heavy (non-hydrogen) atoms. The predicted octanol–water partition coefficient (Wildman–Crippen LogP) is 0.332. The van der Waals surface area contributed by atoms with Gasteiger partial charge in [-0.25, -0.2) is 13.1 Å². The Labute approximate surface area is 156 Å². The second kappa shape index (κ2) is 9.63. The lowest BCUT2D eigenvalue weighted by Gasteiger charge is -2.38. The molecule has 146 valence electrons. The number of piperazine rings is 1. The number of hydrogen-bond donors (Lipinski definition) is 2. The van der Waals surface area contributed by atoms with Crippen LogP contribution in [0, 0.1) is 0 Å². The molecule has 0 radical (unpaired) electrons. The molecule has 0 amide bonds. The minimum Gasteiger partial charge on any atom is -0.495 e. The lowest BCUT2D eigenvalue weighted by atomic mass is 10.2. The Hall–Kier alpha value is -2.00. The number of hydrogen-bond acceptors (Lipinski definition) is 5. The van der Waals surface area contributed by atoms with E-state index in [1.165, 1.54) is 0 Å². The van der Waals surface area contributed by atoms with Gasteiger partial charge in [-0.15, -0.1) is 0 Å². The average Bonchev–Trinajstić information content (AvgIpc) is 2.68. The van der Waals surface area contributed by atoms with E-state index in [9.17, 15) is 8.42 Å². The second-order valence-electron chi connectivity index (χ2n) is 5.92. The molecule has 1 aromatic rings. The van der Waals surface area contributed by atoms with Crippen LogP contribution in [0.5, 0.6) is 5.75 Å². The Bertz CT molecular complexity index is 700. The Morgan fingerprint density at radius 3 is 2.50 bits per heavy atom. The number of para-hydroxylation sites is 2. The molecule has 1 aromatic carbocycles. The molecule has 1 aliphatic rings. The number of guanidine groups is 1. The van der Waals surface area contributed by atoms with E-state index in [1.807, 2.05) is 18.2 Å². The molecule has 1 heterocycles. The molecule has 0 unspecified atom stereocenters. The van der Waals surface area contributed by atoms with Crippen LogP contribution in [0.1, 0.15) is 6.92 Å². The fourth-order valence-electron chi connectivity index (χ4n) is 2.87. The molecule has 9 heteroatoms. The van der Waals surface area contributed by atoms with Gasteiger partial charge in [-0.2, -0.15) is 0 Å². The summed E-state index contributed by atoms with van der Waals surface area (Å²) in [5.74, 6) is 1.76. The molecule has 0 atom stereocenters. The first-order valence-electron chi connectivity index (χ1n) is 8.81. The number of ether oxygens (including phenoxy) is 1.